The van der Waals surface area contributed by atoms with Gasteiger partial charge in [0.05, 0.1) is 12.6 Å². The van der Waals surface area contributed by atoms with E-state index in [0.29, 0.717) is 12.1 Å². The molecule has 0 spiro atoms. The van der Waals surface area contributed by atoms with Crippen LogP contribution < -0.4 is 0 Å². The van der Waals surface area contributed by atoms with Gasteiger partial charge in [0.1, 0.15) is 11.0 Å². The molecule has 0 bridgehead atoms. The molecule has 1 unspecified atom stereocenters. The Bertz CT molecular complexity index is 810. The topological polar surface area (TPSA) is 57.0 Å². The second kappa shape index (κ2) is 5.47. The first-order chi connectivity index (χ1) is 10.8. The van der Waals surface area contributed by atoms with Gasteiger partial charge >= 0.3 is 0 Å². The first kappa shape index (κ1) is 15.7. The van der Waals surface area contributed by atoms with E-state index in [1.807, 2.05) is 30.5 Å². The summed E-state index contributed by atoms with van der Waals surface area (Å²) in [5, 5.41) is 12.4. The zero-order valence-electron chi connectivity index (χ0n) is 13.8. The zero-order chi connectivity index (χ0) is 16.8. The third-order valence-electron chi connectivity index (χ3n) is 4.11. The molecule has 4 nitrogen and oxygen atoms in total. The van der Waals surface area contributed by atoms with Gasteiger partial charge in [0.15, 0.2) is 0 Å². The smallest absolute Gasteiger partial charge is 0.255 e. The van der Waals surface area contributed by atoms with Crippen molar-refractivity contribution in [2.45, 2.75) is 45.7 Å². The van der Waals surface area contributed by atoms with Gasteiger partial charge in [-0.1, -0.05) is 32.9 Å². The lowest BCUT2D eigenvalue weighted by atomic mass is 9.85. The second-order valence-electron chi connectivity index (χ2n) is 6.90. The van der Waals surface area contributed by atoms with Crippen LogP contribution >= 0.6 is 11.3 Å². The average Bonchev–Trinajstić information content (AvgIpc) is 3.01. The zero-order valence-corrected chi connectivity index (χ0v) is 14.6. The van der Waals surface area contributed by atoms with Gasteiger partial charge in [0.2, 0.25) is 0 Å². The summed E-state index contributed by atoms with van der Waals surface area (Å²) in [6, 6.07) is 7.60. The number of rotatable bonds is 2. The van der Waals surface area contributed by atoms with Crippen LogP contribution in [0, 0.1) is 18.3 Å². The van der Waals surface area contributed by atoms with E-state index in [2.05, 4.69) is 31.8 Å². The van der Waals surface area contributed by atoms with Crippen molar-refractivity contribution in [2.75, 3.05) is 0 Å². The van der Waals surface area contributed by atoms with E-state index in [4.69, 9.17) is 0 Å². The van der Waals surface area contributed by atoms with Crippen LogP contribution in [0.3, 0.4) is 0 Å². The van der Waals surface area contributed by atoms with Gasteiger partial charge in [0, 0.05) is 22.2 Å². The van der Waals surface area contributed by atoms with Crippen molar-refractivity contribution in [1.29, 1.82) is 5.26 Å². The number of carbonyl (C=O) groups is 1. The maximum Gasteiger partial charge on any atom is 0.255 e. The van der Waals surface area contributed by atoms with Crippen LogP contribution in [0.4, 0.5) is 0 Å². The third kappa shape index (κ3) is 2.75. The van der Waals surface area contributed by atoms with E-state index < -0.39 is 6.04 Å². The SMILES string of the molecule is Cc1csc(CN2C(=O)c3ccc(C(C)(C)C)cc3C2C#N)n1. The van der Waals surface area contributed by atoms with Crippen molar-refractivity contribution in [3.05, 3.63) is 51.0 Å². The highest BCUT2D eigenvalue weighted by atomic mass is 32.1. The number of benzene rings is 1. The summed E-state index contributed by atoms with van der Waals surface area (Å²) >= 11 is 1.52. The number of aryl methyl sites for hydroxylation is 1. The number of amides is 1. The number of aromatic nitrogens is 1. The van der Waals surface area contributed by atoms with Gasteiger partial charge in [-0.05, 0) is 24.0 Å². The molecule has 0 saturated heterocycles. The number of hydrogen-bond acceptors (Lipinski definition) is 4. The Kier molecular flexibility index (Phi) is 3.73. The summed E-state index contributed by atoms with van der Waals surface area (Å²) in [4.78, 5) is 18.7. The molecule has 2 heterocycles. The molecule has 0 saturated carbocycles. The molecule has 0 fully saturated rings. The largest absolute Gasteiger partial charge is 0.312 e. The minimum Gasteiger partial charge on any atom is -0.312 e. The van der Waals surface area contributed by atoms with Crippen LogP contribution in [0.25, 0.3) is 0 Å². The molecule has 1 aliphatic rings. The van der Waals surface area contributed by atoms with Crippen molar-refractivity contribution in [3.63, 3.8) is 0 Å². The summed E-state index contributed by atoms with van der Waals surface area (Å²) in [7, 11) is 0. The molecule has 1 aromatic heterocycles. The number of hydrogen-bond donors (Lipinski definition) is 0. The van der Waals surface area contributed by atoms with E-state index in [1.165, 1.54) is 11.3 Å². The molecule has 1 aliphatic heterocycles. The molecule has 23 heavy (non-hydrogen) atoms. The fraction of sp³-hybridized carbons (Fsp3) is 0.389. The molecule has 1 atom stereocenters. The highest BCUT2D eigenvalue weighted by Crippen LogP contribution is 2.37. The number of nitriles is 1. The van der Waals surface area contributed by atoms with Gasteiger partial charge in [0.25, 0.3) is 5.91 Å². The van der Waals surface area contributed by atoms with Gasteiger partial charge < -0.3 is 4.90 Å². The quantitative estimate of drug-likeness (QED) is 0.839. The molecule has 5 heteroatoms. The average molecular weight is 325 g/mol. The van der Waals surface area contributed by atoms with Crippen LogP contribution in [-0.4, -0.2) is 15.8 Å². The van der Waals surface area contributed by atoms with Crippen molar-refractivity contribution in [2.24, 2.45) is 0 Å². The Balaban J connectivity index is 1.99. The van der Waals surface area contributed by atoms with Crippen LogP contribution in [0.5, 0.6) is 0 Å². The van der Waals surface area contributed by atoms with Crippen LogP contribution in [0.1, 0.15) is 59.0 Å². The monoisotopic (exact) mass is 325 g/mol. The van der Waals surface area contributed by atoms with Crippen LogP contribution in [-0.2, 0) is 12.0 Å². The van der Waals surface area contributed by atoms with E-state index >= 15 is 0 Å². The van der Waals surface area contributed by atoms with Crippen molar-refractivity contribution in [3.8, 4) is 6.07 Å². The van der Waals surface area contributed by atoms with Gasteiger partial charge in [-0.25, -0.2) is 4.98 Å². The molecule has 0 aliphatic carbocycles. The van der Waals surface area contributed by atoms with Crippen molar-refractivity contribution >= 4 is 17.2 Å². The summed E-state index contributed by atoms with van der Waals surface area (Å²) in [6.07, 6.45) is 0. The molecule has 3 rings (SSSR count). The van der Waals surface area contributed by atoms with E-state index in [1.54, 1.807) is 4.90 Å². The lowest BCUT2D eigenvalue weighted by molar-refractivity contribution is 0.0744. The van der Waals surface area contributed by atoms with E-state index in [0.717, 1.165) is 21.8 Å². The molecule has 1 aromatic carbocycles. The maximum atomic E-state index is 12.7. The number of nitrogens with zero attached hydrogens (tertiary/aromatic N) is 3. The normalized spacial score (nSPS) is 17.3. The Morgan fingerprint density at radius 3 is 2.70 bits per heavy atom. The Morgan fingerprint density at radius 2 is 2.13 bits per heavy atom. The lowest BCUT2D eigenvalue weighted by Crippen LogP contribution is -2.26. The Morgan fingerprint density at radius 1 is 1.39 bits per heavy atom. The fourth-order valence-corrected chi connectivity index (χ4v) is 3.58. The Hall–Kier alpha value is -2.19. The third-order valence-corrected chi connectivity index (χ3v) is 5.06. The maximum absolute atomic E-state index is 12.7. The molecule has 118 valence electrons. The summed E-state index contributed by atoms with van der Waals surface area (Å²) in [5.74, 6) is -0.0835. The Labute approximate surface area is 140 Å². The van der Waals surface area contributed by atoms with Crippen LogP contribution in [0.15, 0.2) is 23.6 Å². The molecule has 1 amide bonds. The summed E-state index contributed by atoms with van der Waals surface area (Å²) in [6.45, 7) is 8.70. The molecule has 0 N–H and O–H groups in total. The highest BCUT2D eigenvalue weighted by Gasteiger charge is 2.38. The van der Waals surface area contributed by atoms with Crippen molar-refractivity contribution in [1.82, 2.24) is 9.88 Å². The van der Waals surface area contributed by atoms with Crippen LogP contribution in [0.2, 0.25) is 0 Å². The predicted octanol–water partition coefficient (Wildman–Crippen LogP) is 3.97. The minimum atomic E-state index is -0.538. The highest BCUT2D eigenvalue weighted by molar-refractivity contribution is 7.09. The van der Waals surface area contributed by atoms with Crippen molar-refractivity contribution < 1.29 is 4.79 Å². The number of thiazole rings is 1. The molecule has 0 radical (unpaired) electrons. The molecular weight excluding hydrogens is 306 g/mol. The molecule has 2 aromatic rings. The standard InChI is InChI=1S/C18H19N3OS/c1-11-10-23-16(20-11)9-21-15(8-19)14-7-12(18(2,3)4)5-6-13(14)17(21)22/h5-7,10,15H,9H2,1-4H3. The van der Waals surface area contributed by atoms with Gasteiger partial charge in [-0.15, -0.1) is 11.3 Å². The molecular formula is C18H19N3OS. The first-order valence-electron chi connectivity index (χ1n) is 7.57. The van der Waals surface area contributed by atoms with E-state index in [-0.39, 0.29) is 11.3 Å². The second-order valence-corrected chi connectivity index (χ2v) is 7.84. The predicted molar refractivity (Wildman–Crippen MR) is 90.2 cm³/mol. The lowest BCUT2D eigenvalue weighted by Gasteiger charge is -2.21. The summed E-state index contributed by atoms with van der Waals surface area (Å²) in [5.41, 5.74) is 3.52. The van der Waals surface area contributed by atoms with Gasteiger partial charge in [-0.3, -0.25) is 4.79 Å². The number of fused-ring (bicyclic) bond motifs is 1. The summed E-state index contributed by atoms with van der Waals surface area (Å²) < 4.78 is 0. The van der Waals surface area contributed by atoms with E-state index in [9.17, 15) is 10.1 Å². The number of carbonyl (C=O) groups excluding carboxylic acids is 1. The van der Waals surface area contributed by atoms with Gasteiger partial charge in [-0.2, -0.15) is 5.26 Å². The fourth-order valence-electron chi connectivity index (χ4n) is 2.81. The minimum absolute atomic E-state index is 0.0159. The first-order valence-corrected chi connectivity index (χ1v) is 8.45.